The number of hydrogen-bond acceptors (Lipinski definition) is 7. The van der Waals surface area contributed by atoms with E-state index >= 15 is 0 Å². The van der Waals surface area contributed by atoms with Gasteiger partial charge in [0.25, 0.3) is 5.91 Å². The third kappa shape index (κ3) is 5.99. The third-order valence-corrected chi connectivity index (χ3v) is 6.82. The van der Waals surface area contributed by atoms with Crippen LogP contribution in [0.15, 0.2) is 48.9 Å². The highest BCUT2D eigenvalue weighted by Crippen LogP contribution is 2.33. The lowest BCUT2D eigenvalue weighted by atomic mass is 10.1. The van der Waals surface area contributed by atoms with Gasteiger partial charge in [0, 0.05) is 55.6 Å². The molecule has 0 unspecified atom stereocenters. The van der Waals surface area contributed by atoms with E-state index in [9.17, 15) is 13.6 Å². The number of anilines is 1. The first-order valence-corrected chi connectivity index (χ1v) is 12.7. The highest BCUT2D eigenvalue weighted by atomic mass is 19.1. The first-order chi connectivity index (χ1) is 18.8. The summed E-state index contributed by atoms with van der Waals surface area (Å²) in [6, 6.07) is 8.10. The number of likely N-dealkylation sites (N-methyl/N-ethyl adjacent to an activating group) is 1. The number of nitrogens with one attached hydrogen (secondary N) is 1. The maximum absolute atomic E-state index is 15.0. The van der Waals surface area contributed by atoms with E-state index < -0.39 is 17.5 Å². The molecule has 1 N–H and O–H groups in total. The molecule has 1 fully saturated rings. The first-order valence-electron chi connectivity index (χ1n) is 12.7. The molecular weight excluding hydrogens is 506 g/mol. The number of piperazine rings is 1. The molecule has 204 valence electrons. The summed E-state index contributed by atoms with van der Waals surface area (Å²) in [5.41, 5.74) is 2.19. The summed E-state index contributed by atoms with van der Waals surface area (Å²) in [6.45, 7) is 8.92. The van der Waals surface area contributed by atoms with Crippen LogP contribution in [0.2, 0.25) is 0 Å². The molecule has 5 rings (SSSR count). The second kappa shape index (κ2) is 11.3. The molecule has 1 saturated heterocycles. The first kappa shape index (κ1) is 26.5. The molecule has 0 radical (unpaired) electrons. The summed E-state index contributed by atoms with van der Waals surface area (Å²) in [5.74, 6) is -0.803. The lowest BCUT2D eigenvalue weighted by Gasteiger charge is -2.32. The highest BCUT2D eigenvalue weighted by molar-refractivity contribution is 6.04. The molecule has 11 heteroatoms. The van der Waals surface area contributed by atoms with Crippen molar-refractivity contribution in [3.8, 4) is 17.4 Å². The van der Waals surface area contributed by atoms with Crippen molar-refractivity contribution in [2.24, 2.45) is 0 Å². The number of halogens is 2. The highest BCUT2D eigenvalue weighted by Gasteiger charge is 2.19. The van der Waals surface area contributed by atoms with Crippen molar-refractivity contribution < 1.29 is 23.0 Å². The van der Waals surface area contributed by atoms with Crippen LogP contribution in [0.4, 0.5) is 14.5 Å². The number of carbonyl (C=O) groups is 1. The maximum atomic E-state index is 15.0. The third-order valence-electron chi connectivity index (χ3n) is 6.82. The zero-order valence-corrected chi connectivity index (χ0v) is 22.1. The molecule has 0 atom stereocenters. The van der Waals surface area contributed by atoms with E-state index in [2.05, 4.69) is 32.2 Å². The zero-order valence-electron chi connectivity index (χ0n) is 22.1. The Kier molecular flexibility index (Phi) is 7.71. The summed E-state index contributed by atoms with van der Waals surface area (Å²) >= 11 is 0. The molecule has 0 aliphatic carbocycles. The van der Waals surface area contributed by atoms with Gasteiger partial charge in [-0.1, -0.05) is 0 Å². The summed E-state index contributed by atoms with van der Waals surface area (Å²) in [7, 11) is 2.12. The standard InChI is InChI=1S/C28H30F2N6O3/c1-18-14-20(4-6-22(18)29)27(37)33-21-5-7-24(23(30)15-21)39-28-26-19(2)25(16-36(26)32-17-31-28)38-13-12-35-10-8-34(3)9-11-35/h4-7,14-17H,8-13H2,1-3H3,(H,33,37). The van der Waals surface area contributed by atoms with E-state index in [1.807, 2.05) is 6.92 Å². The van der Waals surface area contributed by atoms with Gasteiger partial charge < -0.3 is 19.7 Å². The lowest BCUT2D eigenvalue weighted by molar-refractivity contribution is 0.102. The van der Waals surface area contributed by atoms with Gasteiger partial charge in [-0.05, 0) is 56.8 Å². The van der Waals surface area contributed by atoms with E-state index in [1.54, 1.807) is 17.6 Å². The fraction of sp³-hybridized carbons (Fsp3) is 0.321. The summed E-state index contributed by atoms with van der Waals surface area (Å²) in [6.07, 6.45) is 3.09. The second-order valence-corrected chi connectivity index (χ2v) is 9.64. The number of rotatable bonds is 8. The molecule has 0 saturated carbocycles. The molecule has 1 amide bonds. The molecule has 39 heavy (non-hydrogen) atoms. The number of aryl methyl sites for hydroxylation is 2. The molecule has 3 heterocycles. The monoisotopic (exact) mass is 536 g/mol. The minimum atomic E-state index is -0.687. The lowest BCUT2D eigenvalue weighted by Crippen LogP contribution is -2.45. The van der Waals surface area contributed by atoms with E-state index in [0.717, 1.165) is 44.4 Å². The number of nitrogens with zero attached hydrogens (tertiary/aromatic N) is 5. The predicted octanol–water partition coefficient (Wildman–Crippen LogP) is 4.30. The van der Waals surface area contributed by atoms with Crippen molar-refractivity contribution >= 4 is 17.1 Å². The molecule has 1 aliphatic heterocycles. The predicted molar refractivity (Wildman–Crippen MR) is 143 cm³/mol. The smallest absolute Gasteiger partial charge is 0.255 e. The van der Waals surface area contributed by atoms with E-state index in [-0.39, 0.29) is 22.9 Å². The van der Waals surface area contributed by atoms with Crippen LogP contribution >= 0.6 is 0 Å². The van der Waals surface area contributed by atoms with E-state index in [1.165, 1.54) is 36.7 Å². The number of fused-ring (bicyclic) bond motifs is 1. The number of amides is 1. The van der Waals surface area contributed by atoms with Crippen LogP contribution in [0.5, 0.6) is 17.4 Å². The van der Waals surface area contributed by atoms with Gasteiger partial charge in [0.2, 0.25) is 5.88 Å². The Morgan fingerprint density at radius 1 is 1.03 bits per heavy atom. The molecule has 2 aromatic heterocycles. The quantitative estimate of drug-likeness (QED) is 0.360. The average molecular weight is 537 g/mol. The molecule has 9 nitrogen and oxygen atoms in total. The Balaban J connectivity index is 1.27. The SMILES string of the molecule is Cc1cc(C(=O)Nc2ccc(Oc3ncnn4cc(OCCN5CCN(C)CC5)c(C)c34)c(F)c2)ccc1F. The van der Waals surface area contributed by atoms with E-state index in [0.29, 0.717) is 23.4 Å². The summed E-state index contributed by atoms with van der Waals surface area (Å²) < 4.78 is 42.0. The van der Waals surface area contributed by atoms with Crippen LogP contribution in [0.1, 0.15) is 21.5 Å². The molecule has 0 spiro atoms. The van der Waals surface area contributed by atoms with E-state index in [4.69, 9.17) is 9.47 Å². The number of ether oxygens (including phenoxy) is 2. The maximum Gasteiger partial charge on any atom is 0.255 e. The van der Waals surface area contributed by atoms with Crippen LogP contribution in [0, 0.1) is 25.5 Å². The second-order valence-electron chi connectivity index (χ2n) is 9.64. The zero-order chi connectivity index (χ0) is 27.5. The van der Waals surface area contributed by atoms with Gasteiger partial charge in [0.1, 0.15) is 30.0 Å². The minimum Gasteiger partial charge on any atom is -0.490 e. The van der Waals surface area contributed by atoms with Gasteiger partial charge in [-0.3, -0.25) is 9.69 Å². The fourth-order valence-electron chi connectivity index (χ4n) is 4.44. The Morgan fingerprint density at radius 2 is 1.82 bits per heavy atom. The number of benzene rings is 2. The van der Waals surface area contributed by atoms with Gasteiger partial charge in [-0.2, -0.15) is 10.1 Å². The van der Waals surface area contributed by atoms with Crippen molar-refractivity contribution in [1.29, 1.82) is 0 Å². The van der Waals surface area contributed by atoms with Gasteiger partial charge in [-0.25, -0.2) is 13.3 Å². The fourth-order valence-corrected chi connectivity index (χ4v) is 4.44. The largest absolute Gasteiger partial charge is 0.490 e. The molecule has 0 bridgehead atoms. The summed E-state index contributed by atoms with van der Waals surface area (Å²) in [5, 5.41) is 6.86. The summed E-state index contributed by atoms with van der Waals surface area (Å²) in [4.78, 5) is 21.4. The number of aromatic nitrogens is 3. The minimum absolute atomic E-state index is 0.0654. The normalized spacial score (nSPS) is 14.5. The van der Waals surface area contributed by atoms with Crippen molar-refractivity contribution in [3.05, 3.63) is 77.2 Å². The van der Waals surface area contributed by atoms with Crippen molar-refractivity contribution in [3.63, 3.8) is 0 Å². The molecular formula is C28H30F2N6O3. The Bertz CT molecular complexity index is 1500. The van der Waals surface area contributed by atoms with Crippen LogP contribution in [-0.2, 0) is 0 Å². The van der Waals surface area contributed by atoms with Crippen LogP contribution < -0.4 is 14.8 Å². The average Bonchev–Trinajstić information content (AvgIpc) is 3.24. The Morgan fingerprint density at radius 3 is 2.56 bits per heavy atom. The molecule has 2 aromatic carbocycles. The van der Waals surface area contributed by atoms with Gasteiger partial charge in [0.15, 0.2) is 11.6 Å². The Hall–Kier alpha value is -4.09. The Labute approximate surface area is 225 Å². The van der Waals surface area contributed by atoms with Crippen molar-refractivity contribution in [2.45, 2.75) is 13.8 Å². The number of hydrogen-bond donors (Lipinski definition) is 1. The van der Waals surface area contributed by atoms with Crippen LogP contribution in [0.3, 0.4) is 0 Å². The van der Waals surface area contributed by atoms with Crippen LogP contribution in [0.25, 0.3) is 5.52 Å². The van der Waals surface area contributed by atoms with Gasteiger partial charge in [-0.15, -0.1) is 0 Å². The van der Waals surface area contributed by atoms with Crippen molar-refractivity contribution in [2.75, 3.05) is 51.7 Å². The van der Waals surface area contributed by atoms with Crippen molar-refractivity contribution in [1.82, 2.24) is 24.4 Å². The molecule has 4 aromatic rings. The van der Waals surface area contributed by atoms with Crippen LogP contribution in [-0.4, -0.2) is 76.7 Å². The topological polar surface area (TPSA) is 84.2 Å². The van der Waals surface area contributed by atoms with Gasteiger partial charge >= 0.3 is 0 Å². The number of carbonyl (C=O) groups excluding carboxylic acids is 1. The molecule has 1 aliphatic rings. The van der Waals surface area contributed by atoms with Gasteiger partial charge in [0.05, 0.1) is 6.20 Å².